The van der Waals surface area contributed by atoms with Gasteiger partial charge in [0.25, 0.3) is 0 Å². The Balaban J connectivity index is 2.15. The minimum Gasteiger partial charge on any atom is -0.497 e. The molecule has 5 nitrogen and oxygen atoms in total. The van der Waals surface area contributed by atoms with Gasteiger partial charge < -0.3 is 18.9 Å². The summed E-state index contributed by atoms with van der Waals surface area (Å²) in [7, 11) is 4.43. The molecule has 23 heavy (non-hydrogen) atoms. The number of carbonyl (C=O) groups is 1. The smallest absolute Gasteiger partial charge is 0.342 e. The summed E-state index contributed by atoms with van der Waals surface area (Å²) in [4.78, 5) is 12.2. The van der Waals surface area contributed by atoms with E-state index in [4.69, 9.17) is 18.9 Å². The molecule has 0 saturated heterocycles. The average molecular weight is 320 g/mol. The largest absolute Gasteiger partial charge is 0.497 e. The molecule has 0 spiro atoms. The number of ether oxygens (including phenoxy) is 4. The first-order valence-electron chi connectivity index (χ1n) is 6.80. The molecule has 122 valence electrons. The average Bonchev–Trinajstić information content (AvgIpc) is 2.59. The van der Waals surface area contributed by atoms with Crippen molar-refractivity contribution in [2.75, 3.05) is 21.3 Å². The lowest BCUT2D eigenvalue weighted by molar-refractivity contribution is 0.0466. The van der Waals surface area contributed by atoms with E-state index in [2.05, 4.69) is 0 Å². The maximum Gasteiger partial charge on any atom is 0.342 e. The molecule has 0 saturated carbocycles. The van der Waals surface area contributed by atoms with Crippen LogP contribution in [-0.4, -0.2) is 27.3 Å². The molecule has 0 unspecified atom stereocenters. The van der Waals surface area contributed by atoms with E-state index in [1.54, 1.807) is 18.2 Å². The Bertz CT molecular complexity index is 699. The van der Waals surface area contributed by atoms with Crippen LogP contribution in [0.4, 0.5) is 4.39 Å². The minimum atomic E-state index is -0.587. The van der Waals surface area contributed by atoms with Gasteiger partial charge in [0.15, 0.2) is 0 Å². The molecule has 2 aromatic carbocycles. The summed E-state index contributed by atoms with van der Waals surface area (Å²) >= 11 is 0. The Morgan fingerprint density at radius 1 is 0.957 bits per heavy atom. The van der Waals surface area contributed by atoms with Gasteiger partial charge in [-0.3, -0.25) is 0 Å². The Hall–Kier alpha value is -2.76. The van der Waals surface area contributed by atoms with Gasteiger partial charge >= 0.3 is 5.97 Å². The van der Waals surface area contributed by atoms with E-state index in [-0.39, 0.29) is 12.2 Å². The number of methoxy groups -OCH3 is 3. The lowest BCUT2D eigenvalue weighted by Crippen LogP contribution is -2.08. The number of esters is 1. The molecule has 6 heteroatoms. The third-order valence-corrected chi connectivity index (χ3v) is 3.23. The molecule has 2 rings (SSSR count). The Morgan fingerprint density at radius 3 is 2.35 bits per heavy atom. The molecule has 0 aliphatic carbocycles. The van der Waals surface area contributed by atoms with Gasteiger partial charge in [-0.25, -0.2) is 9.18 Å². The molecule has 0 aliphatic heterocycles. The topological polar surface area (TPSA) is 54.0 Å². The van der Waals surface area contributed by atoms with Crippen LogP contribution in [0.3, 0.4) is 0 Å². The van der Waals surface area contributed by atoms with Crippen LogP contribution in [0.25, 0.3) is 0 Å². The van der Waals surface area contributed by atoms with Crippen molar-refractivity contribution < 1.29 is 28.1 Å². The van der Waals surface area contributed by atoms with Crippen LogP contribution in [0, 0.1) is 5.82 Å². The number of hydrogen-bond donors (Lipinski definition) is 0. The molecule has 0 aromatic heterocycles. The Labute approximate surface area is 133 Å². The summed E-state index contributed by atoms with van der Waals surface area (Å²) in [5.41, 5.74) is 0.692. The van der Waals surface area contributed by atoms with Gasteiger partial charge in [-0.2, -0.15) is 0 Å². The van der Waals surface area contributed by atoms with E-state index in [9.17, 15) is 9.18 Å². The third kappa shape index (κ3) is 3.91. The molecule has 0 heterocycles. The van der Waals surface area contributed by atoms with Crippen molar-refractivity contribution in [3.8, 4) is 17.2 Å². The van der Waals surface area contributed by atoms with E-state index in [1.165, 1.54) is 39.5 Å². The molecule has 2 aromatic rings. The van der Waals surface area contributed by atoms with Crippen molar-refractivity contribution in [2.24, 2.45) is 0 Å². The van der Waals surface area contributed by atoms with Crippen molar-refractivity contribution in [1.29, 1.82) is 0 Å². The fourth-order valence-electron chi connectivity index (χ4n) is 2.05. The quantitative estimate of drug-likeness (QED) is 0.765. The maximum atomic E-state index is 13.3. The lowest BCUT2D eigenvalue weighted by atomic mass is 10.2. The van der Waals surface area contributed by atoms with Gasteiger partial charge in [-0.15, -0.1) is 0 Å². The second-order valence-electron chi connectivity index (χ2n) is 4.60. The van der Waals surface area contributed by atoms with Crippen molar-refractivity contribution in [2.45, 2.75) is 6.61 Å². The fourth-order valence-corrected chi connectivity index (χ4v) is 2.05. The van der Waals surface area contributed by atoms with Crippen LogP contribution in [0.2, 0.25) is 0 Å². The second-order valence-corrected chi connectivity index (χ2v) is 4.60. The SMILES string of the molecule is COc1ccc(C(=O)OCc2cc(F)ccc2OC)c(OC)c1. The number of rotatable bonds is 6. The predicted octanol–water partition coefficient (Wildman–Crippen LogP) is 3.21. The molecule has 0 bridgehead atoms. The standard InChI is InChI=1S/C17H17FO5/c1-20-13-5-6-14(16(9-13)22-3)17(19)23-10-11-8-12(18)4-7-15(11)21-2/h4-9H,10H2,1-3H3. The molecular weight excluding hydrogens is 303 g/mol. The van der Waals surface area contributed by atoms with Gasteiger partial charge in [-0.1, -0.05) is 0 Å². The zero-order chi connectivity index (χ0) is 16.8. The Morgan fingerprint density at radius 2 is 1.70 bits per heavy atom. The van der Waals surface area contributed by atoms with Gasteiger partial charge in [0.1, 0.15) is 35.2 Å². The summed E-state index contributed by atoms with van der Waals surface area (Å²) < 4.78 is 33.9. The van der Waals surface area contributed by atoms with E-state index in [0.29, 0.717) is 22.8 Å². The van der Waals surface area contributed by atoms with Gasteiger partial charge in [0.2, 0.25) is 0 Å². The molecule has 0 atom stereocenters. The fraction of sp³-hybridized carbons (Fsp3) is 0.235. The van der Waals surface area contributed by atoms with E-state index >= 15 is 0 Å². The number of carbonyl (C=O) groups excluding carboxylic acids is 1. The summed E-state index contributed by atoms with van der Waals surface area (Å²) in [6.07, 6.45) is 0. The van der Waals surface area contributed by atoms with Crippen LogP contribution in [0.1, 0.15) is 15.9 Å². The maximum absolute atomic E-state index is 13.3. The number of hydrogen-bond acceptors (Lipinski definition) is 5. The predicted molar refractivity (Wildman–Crippen MR) is 81.6 cm³/mol. The van der Waals surface area contributed by atoms with Crippen molar-refractivity contribution in [1.82, 2.24) is 0 Å². The molecule has 0 aliphatic rings. The van der Waals surface area contributed by atoms with Gasteiger partial charge in [-0.05, 0) is 30.3 Å². The van der Waals surface area contributed by atoms with Gasteiger partial charge in [0, 0.05) is 11.6 Å². The summed E-state index contributed by atoms with van der Waals surface area (Å²) in [5.74, 6) is 0.321. The number of halogens is 1. The van der Waals surface area contributed by atoms with Crippen LogP contribution in [-0.2, 0) is 11.3 Å². The van der Waals surface area contributed by atoms with Crippen LogP contribution < -0.4 is 14.2 Å². The monoisotopic (exact) mass is 320 g/mol. The first kappa shape index (κ1) is 16.6. The highest BCUT2D eigenvalue weighted by molar-refractivity contribution is 5.92. The zero-order valence-corrected chi connectivity index (χ0v) is 13.1. The van der Waals surface area contributed by atoms with Crippen molar-refractivity contribution in [3.63, 3.8) is 0 Å². The summed E-state index contributed by atoms with van der Waals surface area (Å²) in [5, 5.41) is 0. The highest BCUT2D eigenvalue weighted by atomic mass is 19.1. The first-order valence-corrected chi connectivity index (χ1v) is 6.80. The van der Waals surface area contributed by atoms with Crippen LogP contribution in [0.15, 0.2) is 36.4 Å². The van der Waals surface area contributed by atoms with Crippen LogP contribution >= 0.6 is 0 Å². The molecule has 0 amide bonds. The van der Waals surface area contributed by atoms with Gasteiger partial charge in [0.05, 0.1) is 21.3 Å². The van der Waals surface area contributed by atoms with E-state index < -0.39 is 11.8 Å². The minimum absolute atomic E-state index is 0.116. The van der Waals surface area contributed by atoms with E-state index in [0.717, 1.165) is 0 Å². The zero-order valence-electron chi connectivity index (χ0n) is 13.1. The van der Waals surface area contributed by atoms with Crippen molar-refractivity contribution >= 4 is 5.97 Å². The second kappa shape index (κ2) is 7.49. The van der Waals surface area contributed by atoms with E-state index in [1.807, 2.05) is 0 Å². The number of benzene rings is 2. The molecule has 0 N–H and O–H groups in total. The third-order valence-electron chi connectivity index (χ3n) is 3.23. The molecular formula is C17H17FO5. The molecule has 0 radical (unpaired) electrons. The highest BCUT2D eigenvalue weighted by Crippen LogP contribution is 2.26. The first-order chi connectivity index (χ1) is 11.1. The van der Waals surface area contributed by atoms with Crippen LogP contribution in [0.5, 0.6) is 17.2 Å². The Kier molecular flexibility index (Phi) is 5.41. The highest BCUT2D eigenvalue weighted by Gasteiger charge is 2.16. The lowest BCUT2D eigenvalue weighted by Gasteiger charge is -2.12. The summed E-state index contributed by atoms with van der Waals surface area (Å²) in [6, 6.07) is 8.77. The summed E-state index contributed by atoms with van der Waals surface area (Å²) in [6.45, 7) is -0.116. The van der Waals surface area contributed by atoms with Crippen molar-refractivity contribution in [3.05, 3.63) is 53.3 Å². The normalized spacial score (nSPS) is 10.1. The molecule has 0 fully saturated rings.